The molecule has 0 fully saturated rings. The molecule has 5 nitrogen and oxygen atoms in total. The zero-order valence-corrected chi connectivity index (χ0v) is 16.5. The van der Waals surface area contributed by atoms with Crippen LogP contribution in [-0.4, -0.2) is 18.2 Å². The van der Waals surface area contributed by atoms with Crippen molar-refractivity contribution in [3.8, 4) is 0 Å². The van der Waals surface area contributed by atoms with E-state index < -0.39 is 5.60 Å². The molecule has 25 heavy (non-hydrogen) atoms. The number of amides is 1. The summed E-state index contributed by atoms with van der Waals surface area (Å²) in [6.45, 7) is 7.57. The average Bonchev–Trinajstić information content (AvgIpc) is 2.92. The van der Waals surface area contributed by atoms with E-state index in [9.17, 15) is 4.79 Å². The van der Waals surface area contributed by atoms with E-state index in [1.165, 1.54) is 11.1 Å². The number of furan rings is 1. The van der Waals surface area contributed by atoms with Crippen LogP contribution in [-0.2, 0) is 24.2 Å². The van der Waals surface area contributed by atoms with Gasteiger partial charge in [-0.1, -0.05) is 24.3 Å². The second-order valence-electron chi connectivity index (χ2n) is 6.80. The Kier molecular flexibility index (Phi) is 7.08. The highest BCUT2D eigenvalue weighted by Gasteiger charge is 2.15. The molecule has 0 bridgehead atoms. The molecule has 1 amide bonds. The molecular weight excluding hydrogens is 384 g/mol. The van der Waals surface area contributed by atoms with Crippen LogP contribution >= 0.6 is 15.9 Å². The first-order valence-corrected chi connectivity index (χ1v) is 9.11. The predicted molar refractivity (Wildman–Crippen MR) is 101 cm³/mol. The molecule has 0 spiro atoms. The van der Waals surface area contributed by atoms with Gasteiger partial charge in [-0.3, -0.25) is 0 Å². The summed E-state index contributed by atoms with van der Waals surface area (Å²) in [5, 5.41) is 6.11. The molecule has 0 aliphatic rings. The Hall–Kier alpha value is -1.79. The fourth-order valence-electron chi connectivity index (χ4n) is 2.22. The molecule has 0 aliphatic heterocycles. The lowest BCUT2D eigenvalue weighted by Gasteiger charge is -2.19. The second kappa shape index (κ2) is 9.06. The number of halogens is 1. The number of hydrogen-bond acceptors (Lipinski definition) is 4. The maximum atomic E-state index is 11.6. The zero-order valence-electron chi connectivity index (χ0n) is 14.9. The minimum absolute atomic E-state index is 0.377. The second-order valence-corrected chi connectivity index (χ2v) is 7.59. The van der Waals surface area contributed by atoms with Crippen LogP contribution in [0.25, 0.3) is 0 Å². The van der Waals surface area contributed by atoms with Crippen molar-refractivity contribution in [1.82, 2.24) is 10.6 Å². The topological polar surface area (TPSA) is 63.5 Å². The van der Waals surface area contributed by atoms with Crippen molar-refractivity contribution in [1.29, 1.82) is 0 Å². The summed E-state index contributed by atoms with van der Waals surface area (Å²) in [5.41, 5.74) is 1.91. The lowest BCUT2D eigenvalue weighted by atomic mass is 10.1. The van der Waals surface area contributed by atoms with Gasteiger partial charge in [0.25, 0.3) is 0 Å². The molecule has 0 saturated heterocycles. The van der Waals surface area contributed by atoms with Crippen LogP contribution < -0.4 is 10.6 Å². The number of rotatable bonds is 7. The van der Waals surface area contributed by atoms with Crippen molar-refractivity contribution in [2.75, 3.05) is 6.54 Å². The smallest absolute Gasteiger partial charge is 0.407 e. The highest BCUT2D eigenvalue weighted by atomic mass is 79.9. The molecule has 2 rings (SSSR count). The van der Waals surface area contributed by atoms with Gasteiger partial charge in [-0.25, -0.2) is 4.79 Å². The van der Waals surface area contributed by atoms with Gasteiger partial charge in [0.2, 0.25) is 0 Å². The van der Waals surface area contributed by atoms with E-state index in [0.717, 1.165) is 23.4 Å². The summed E-state index contributed by atoms with van der Waals surface area (Å²) in [7, 11) is 0. The van der Waals surface area contributed by atoms with Gasteiger partial charge in [0.05, 0.1) is 6.54 Å². The monoisotopic (exact) mass is 408 g/mol. The molecule has 0 radical (unpaired) electrons. The molecular formula is C19H25BrN2O3. The Labute approximate surface area is 157 Å². The minimum Gasteiger partial charge on any atom is -0.453 e. The summed E-state index contributed by atoms with van der Waals surface area (Å²) < 4.78 is 11.4. The predicted octanol–water partition coefficient (Wildman–Crippen LogP) is 4.40. The Morgan fingerprint density at radius 2 is 1.76 bits per heavy atom. The van der Waals surface area contributed by atoms with Gasteiger partial charge < -0.3 is 19.8 Å². The highest BCUT2D eigenvalue weighted by Crippen LogP contribution is 2.14. The maximum absolute atomic E-state index is 11.6. The lowest BCUT2D eigenvalue weighted by molar-refractivity contribution is 0.0528. The van der Waals surface area contributed by atoms with Crippen LogP contribution in [0.1, 0.15) is 37.7 Å². The average molecular weight is 409 g/mol. The summed E-state index contributed by atoms with van der Waals surface area (Å²) in [5.74, 6) is 0.900. The first-order valence-electron chi connectivity index (χ1n) is 8.31. The van der Waals surface area contributed by atoms with E-state index >= 15 is 0 Å². The fourth-order valence-corrected chi connectivity index (χ4v) is 2.56. The first kappa shape index (κ1) is 19.5. The van der Waals surface area contributed by atoms with Gasteiger partial charge in [0, 0.05) is 13.1 Å². The van der Waals surface area contributed by atoms with Gasteiger partial charge in [0.15, 0.2) is 4.67 Å². The van der Waals surface area contributed by atoms with E-state index in [4.69, 9.17) is 9.15 Å². The van der Waals surface area contributed by atoms with E-state index in [-0.39, 0.29) is 6.09 Å². The number of carbonyl (C=O) groups is 1. The Morgan fingerprint density at radius 1 is 1.08 bits per heavy atom. The molecule has 0 atom stereocenters. The summed E-state index contributed by atoms with van der Waals surface area (Å²) in [6.07, 6.45) is 0.394. The number of ether oxygens (including phenoxy) is 1. The Balaban J connectivity index is 1.68. The van der Waals surface area contributed by atoms with Crippen molar-refractivity contribution >= 4 is 22.0 Å². The van der Waals surface area contributed by atoms with Gasteiger partial charge in [-0.15, -0.1) is 0 Å². The molecule has 2 aromatic rings. The summed E-state index contributed by atoms with van der Waals surface area (Å²) >= 11 is 3.29. The molecule has 6 heteroatoms. The van der Waals surface area contributed by atoms with E-state index in [1.807, 2.05) is 32.9 Å². The van der Waals surface area contributed by atoms with Gasteiger partial charge >= 0.3 is 6.09 Å². The largest absolute Gasteiger partial charge is 0.453 e. The van der Waals surface area contributed by atoms with E-state index in [1.54, 1.807) is 0 Å². The normalized spacial score (nSPS) is 11.4. The SMILES string of the molecule is CC(C)(C)OC(=O)NCCc1ccc(CNCc2ccc(Br)o2)cc1. The van der Waals surface area contributed by atoms with Crippen LogP contribution in [0.4, 0.5) is 4.79 Å². The molecule has 136 valence electrons. The third kappa shape index (κ3) is 7.75. The van der Waals surface area contributed by atoms with Crippen molar-refractivity contribution in [3.05, 3.63) is 58.0 Å². The molecule has 0 saturated carbocycles. The maximum Gasteiger partial charge on any atom is 0.407 e. The fraction of sp³-hybridized carbons (Fsp3) is 0.421. The van der Waals surface area contributed by atoms with E-state index in [2.05, 4.69) is 50.8 Å². The highest BCUT2D eigenvalue weighted by molar-refractivity contribution is 9.10. The Morgan fingerprint density at radius 3 is 2.36 bits per heavy atom. The number of alkyl carbamates (subject to hydrolysis) is 1. The Bertz CT molecular complexity index is 675. The molecule has 0 aliphatic carbocycles. The molecule has 1 aromatic carbocycles. The van der Waals surface area contributed by atoms with E-state index in [0.29, 0.717) is 13.1 Å². The molecule has 1 heterocycles. The van der Waals surface area contributed by atoms with Crippen LogP contribution in [0, 0.1) is 0 Å². The van der Waals surface area contributed by atoms with Gasteiger partial charge in [0.1, 0.15) is 11.4 Å². The first-order chi connectivity index (χ1) is 11.8. The van der Waals surface area contributed by atoms with Crippen molar-refractivity contribution in [2.45, 2.75) is 45.9 Å². The minimum atomic E-state index is -0.468. The van der Waals surface area contributed by atoms with Gasteiger partial charge in [-0.05, 0) is 66.4 Å². The number of carbonyl (C=O) groups excluding carboxylic acids is 1. The van der Waals surface area contributed by atoms with Crippen LogP contribution in [0.15, 0.2) is 45.5 Å². The quantitative estimate of drug-likeness (QED) is 0.712. The molecule has 0 unspecified atom stereocenters. The molecule has 1 aromatic heterocycles. The third-order valence-corrected chi connectivity index (χ3v) is 3.79. The lowest BCUT2D eigenvalue weighted by Crippen LogP contribution is -2.33. The van der Waals surface area contributed by atoms with Crippen LogP contribution in [0.3, 0.4) is 0 Å². The van der Waals surface area contributed by atoms with Crippen molar-refractivity contribution < 1.29 is 13.9 Å². The zero-order chi connectivity index (χ0) is 18.3. The van der Waals surface area contributed by atoms with Crippen molar-refractivity contribution in [3.63, 3.8) is 0 Å². The van der Waals surface area contributed by atoms with Gasteiger partial charge in [-0.2, -0.15) is 0 Å². The number of nitrogens with one attached hydrogen (secondary N) is 2. The van der Waals surface area contributed by atoms with Crippen molar-refractivity contribution in [2.24, 2.45) is 0 Å². The van der Waals surface area contributed by atoms with Crippen LogP contribution in [0.2, 0.25) is 0 Å². The third-order valence-electron chi connectivity index (χ3n) is 3.36. The standard InChI is InChI=1S/C19H25BrN2O3/c1-19(2,3)25-18(23)22-11-10-14-4-6-15(7-5-14)12-21-13-16-8-9-17(20)24-16/h4-9,21H,10-13H2,1-3H3,(H,22,23). The number of benzene rings is 1. The summed E-state index contributed by atoms with van der Waals surface area (Å²) in [6, 6.07) is 12.2. The molecule has 2 N–H and O–H groups in total. The summed E-state index contributed by atoms with van der Waals surface area (Å²) in [4.78, 5) is 11.6. The number of hydrogen-bond donors (Lipinski definition) is 2. The van der Waals surface area contributed by atoms with Crippen LogP contribution in [0.5, 0.6) is 0 Å².